The molecule has 1 aromatic heterocycles. The lowest BCUT2D eigenvalue weighted by Gasteiger charge is -2.33. The molecule has 0 fully saturated rings. The Morgan fingerprint density at radius 2 is 2.12 bits per heavy atom. The van der Waals surface area contributed by atoms with Gasteiger partial charge in [-0.05, 0) is 41.3 Å². The summed E-state index contributed by atoms with van der Waals surface area (Å²) >= 11 is 0. The van der Waals surface area contributed by atoms with Crippen LogP contribution in [0.2, 0.25) is 0 Å². The summed E-state index contributed by atoms with van der Waals surface area (Å²) in [6, 6.07) is 10.3. The Hall–Kier alpha value is -2.07. The Kier molecular flexibility index (Phi) is 4.50. The summed E-state index contributed by atoms with van der Waals surface area (Å²) in [6.45, 7) is 8.72. The zero-order valence-electron chi connectivity index (χ0n) is 14.9. The second-order valence-corrected chi connectivity index (χ2v) is 7.71. The Balaban J connectivity index is 1.81. The van der Waals surface area contributed by atoms with Crippen molar-refractivity contribution in [2.45, 2.75) is 45.2 Å². The van der Waals surface area contributed by atoms with Gasteiger partial charge in [-0.2, -0.15) is 0 Å². The van der Waals surface area contributed by atoms with Gasteiger partial charge in [0.05, 0.1) is 18.7 Å². The third-order valence-electron chi connectivity index (χ3n) is 4.65. The molecule has 1 atom stereocenters. The fraction of sp³-hybridized carbons (Fsp3) is 0.450. The number of amides is 1. The van der Waals surface area contributed by atoms with Crippen LogP contribution in [0.25, 0.3) is 0 Å². The van der Waals surface area contributed by atoms with Gasteiger partial charge in [0.25, 0.3) is 0 Å². The molecule has 3 rings (SSSR count). The first-order valence-corrected chi connectivity index (χ1v) is 8.46. The Labute approximate surface area is 143 Å². The number of likely N-dealkylation sites (N-methyl/N-ethyl adjacent to an activating group) is 1. The molecule has 1 amide bonds. The number of fused-ring (bicyclic) bond motifs is 1. The van der Waals surface area contributed by atoms with E-state index in [2.05, 4.69) is 56.2 Å². The van der Waals surface area contributed by atoms with Crippen molar-refractivity contribution in [1.82, 2.24) is 10.2 Å². The van der Waals surface area contributed by atoms with E-state index in [0.29, 0.717) is 6.54 Å². The van der Waals surface area contributed by atoms with E-state index >= 15 is 0 Å². The molecule has 2 aromatic rings. The van der Waals surface area contributed by atoms with Crippen molar-refractivity contribution < 1.29 is 9.21 Å². The average Bonchev–Trinajstić information content (AvgIpc) is 3.03. The van der Waals surface area contributed by atoms with Crippen LogP contribution in [0.3, 0.4) is 0 Å². The second-order valence-electron chi connectivity index (χ2n) is 7.71. The normalized spacial score (nSPS) is 18.2. The molecule has 24 heavy (non-hydrogen) atoms. The first-order chi connectivity index (χ1) is 11.3. The minimum absolute atomic E-state index is 0.0581. The summed E-state index contributed by atoms with van der Waals surface area (Å²) in [5.41, 5.74) is 3.83. The summed E-state index contributed by atoms with van der Waals surface area (Å²) < 4.78 is 5.29. The Morgan fingerprint density at radius 1 is 1.33 bits per heavy atom. The van der Waals surface area contributed by atoms with Crippen molar-refractivity contribution in [3.8, 4) is 0 Å². The van der Waals surface area contributed by atoms with Gasteiger partial charge in [0.2, 0.25) is 5.91 Å². The third-order valence-corrected chi connectivity index (χ3v) is 4.65. The van der Waals surface area contributed by atoms with Crippen molar-refractivity contribution in [3.63, 3.8) is 0 Å². The Bertz CT molecular complexity index is 714. The molecule has 1 N–H and O–H groups in total. The molecule has 0 saturated carbocycles. The fourth-order valence-corrected chi connectivity index (χ4v) is 3.25. The molecule has 128 valence electrons. The van der Waals surface area contributed by atoms with Crippen LogP contribution in [0.4, 0.5) is 0 Å². The highest BCUT2D eigenvalue weighted by atomic mass is 16.3. The summed E-state index contributed by atoms with van der Waals surface area (Å²) in [5.74, 6) is 0.696. The average molecular weight is 326 g/mol. The number of hydrogen-bond acceptors (Lipinski definition) is 3. The van der Waals surface area contributed by atoms with Crippen LogP contribution in [0.15, 0.2) is 41.0 Å². The molecule has 4 heteroatoms. The van der Waals surface area contributed by atoms with Gasteiger partial charge in [-0.3, -0.25) is 4.79 Å². The zero-order chi connectivity index (χ0) is 17.3. The maximum absolute atomic E-state index is 12.7. The lowest BCUT2D eigenvalue weighted by molar-refractivity contribution is -0.123. The number of benzene rings is 1. The molecule has 1 unspecified atom stereocenters. The highest BCUT2D eigenvalue weighted by Gasteiger charge is 2.30. The smallest absolute Gasteiger partial charge is 0.229 e. The lowest BCUT2D eigenvalue weighted by atomic mass is 9.81. The SMILES string of the molecule is CN1Cc2cc(C(C)(C)C)ccc2C(C(=O)NCc2ccco2)C1. The molecular formula is C20H26N2O2. The van der Waals surface area contributed by atoms with Crippen molar-refractivity contribution in [2.24, 2.45) is 0 Å². The largest absolute Gasteiger partial charge is 0.467 e. The van der Waals surface area contributed by atoms with E-state index in [1.807, 2.05) is 12.1 Å². The molecule has 0 saturated heterocycles. The van der Waals surface area contributed by atoms with Crippen LogP contribution >= 0.6 is 0 Å². The molecule has 1 aliphatic heterocycles. The first-order valence-electron chi connectivity index (χ1n) is 8.46. The predicted octanol–water partition coefficient (Wildman–Crippen LogP) is 3.42. The molecule has 0 bridgehead atoms. The van der Waals surface area contributed by atoms with Crippen LogP contribution in [0.1, 0.15) is 49.1 Å². The third kappa shape index (κ3) is 3.54. The number of nitrogens with one attached hydrogen (secondary N) is 1. The van der Waals surface area contributed by atoms with Crippen LogP contribution in [0, 0.1) is 0 Å². The van der Waals surface area contributed by atoms with Gasteiger partial charge >= 0.3 is 0 Å². The lowest BCUT2D eigenvalue weighted by Crippen LogP contribution is -2.39. The van der Waals surface area contributed by atoms with Crippen molar-refractivity contribution in [1.29, 1.82) is 0 Å². The topological polar surface area (TPSA) is 45.5 Å². The van der Waals surface area contributed by atoms with E-state index in [4.69, 9.17) is 4.42 Å². The summed E-state index contributed by atoms with van der Waals surface area (Å²) in [5, 5.41) is 3.00. The highest BCUT2D eigenvalue weighted by Crippen LogP contribution is 2.32. The summed E-state index contributed by atoms with van der Waals surface area (Å²) in [4.78, 5) is 14.9. The molecular weight excluding hydrogens is 300 g/mol. The van der Waals surface area contributed by atoms with Crippen LogP contribution in [0.5, 0.6) is 0 Å². The molecule has 0 aliphatic carbocycles. The molecule has 0 radical (unpaired) electrons. The standard InChI is InChI=1S/C20H26N2O2/c1-20(2,3)15-7-8-17-14(10-15)12-22(4)13-18(17)19(23)21-11-16-6-5-9-24-16/h5-10,18H,11-13H2,1-4H3,(H,21,23). The minimum Gasteiger partial charge on any atom is -0.467 e. The fourth-order valence-electron chi connectivity index (χ4n) is 3.25. The van der Waals surface area contributed by atoms with E-state index < -0.39 is 0 Å². The monoisotopic (exact) mass is 326 g/mol. The first kappa shape index (κ1) is 16.8. The van der Waals surface area contributed by atoms with Gasteiger partial charge < -0.3 is 14.6 Å². The van der Waals surface area contributed by atoms with Crippen molar-refractivity contribution in [3.05, 3.63) is 59.0 Å². The predicted molar refractivity (Wildman–Crippen MR) is 94.8 cm³/mol. The molecule has 1 aromatic carbocycles. The number of hydrogen-bond donors (Lipinski definition) is 1. The summed E-state index contributed by atoms with van der Waals surface area (Å²) in [7, 11) is 2.07. The quantitative estimate of drug-likeness (QED) is 0.940. The van der Waals surface area contributed by atoms with Gasteiger partial charge in [-0.15, -0.1) is 0 Å². The van der Waals surface area contributed by atoms with Gasteiger partial charge in [-0.1, -0.05) is 39.0 Å². The van der Waals surface area contributed by atoms with E-state index in [-0.39, 0.29) is 17.2 Å². The molecule has 1 aliphatic rings. The van der Waals surface area contributed by atoms with Gasteiger partial charge in [0.15, 0.2) is 0 Å². The molecule has 4 nitrogen and oxygen atoms in total. The molecule has 0 spiro atoms. The second kappa shape index (κ2) is 6.44. The number of carbonyl (C=O) groups is 1. The van der Waals surface area contributed by atoms with Gasteiger partial charge in [0, 0.05) is 13.1 Å². The summed E-state index contributed by atoms with van der Waals surface area (Å²) in [6.07, 6.45) is 1.62. The molecule has 2 heterocycles. The number of rotatable bonds is 3. The minimum atomic E-state index is -0.136. The van der Waals surface area contributed by atoms with Gasteiger partial charge in [0.1, 0.15) is 5.76 Å². The number of furan rings is 1. The number of nitrogens with zero attached hydrogens (tertiary/aromatic N) is 1. The van der Waals surface area contributed by atoms with Crippen LogP contribution in [-0.4, -0.2) is 24.4 Å². The maximum atomic E-state index is 12.7. The van der Waals surface area contributed by atoms with Gasteiger partial charge in [-0.25, -0.2) is 0 Å². The highest BCUT2D eigenvalue weighted by molar-refractivity contribution is 5.84. The van der Waals surface area contributed by atoms with E-state index in [0.717, 1.165) is 24.4 Å². The van der Waals surface area contributed by atoms with E-state index in [1.165, 1.54) is 11.1 Å². The van der Waals surface area contributed by atoms with Crippen LogP contribution in [-0.2, 0) is 23.3 Å². The van der Waals surface area contributed by atoms with Crippen LogP contribution < -0.4 is 5.32 Å². The number of carbonyl (C=O) groups excluding carboxylic acids is 1. The van der Waals surface area contributed by atoms with Crippen molar-refractivity contribution in [2.75, 3.05) is 13.6 Å². The zero-order valence-corrected chi connectivity index (χ0v) is 14.9. The van der Waals surface area contributed by atoms with E-state index in [1.54, 1.807) is 6.26 Å². The van der Waals surface area contributed by atoms with Crippen molar-refractivity contribution >= 4 is 5.91 Å². The van der Waals surface area contributed by atoms with E-state index in [9.17, 15) is 4.79 Å². The maximum Gasteiger partial charge on any atom is 0.229 e. The Morgan fingerprint density at radius 3 is 2.79 bits per heavy atom.